The number of hydrogen-bond donors (Lipinski definition) is 0. The fraction of sp³-hybridized carbons (Fsp3) is 0.154. The van der Waals surface area contributed by atoms with E-state index in [0.717, 1.165) is 22.8 Å². The number of hydrogen-bond acceptors (Lipinski definition) is 1. The van der Waals surface area contributed by atoms with Crippen molar-refractivity contribution in [2.75, 3.05) is 0 Å². The zero-order valence-corrected chi connectivity index (χ0v) is 9.79. The number of aromatic nitrogens is 1. The van der Waals surface area contributed by atoms with Gasteiger partial charge in [0.15, 0.2) is 6.29 Å². The Labute approximate surface area is 99.1 Å². The van der Waals surface area contributed by atoms with Crippen LogP contribution in [0.15, 0.2) is 36.4 Å². The molecule has 0 amide bonds. The monoisotopic (exact) mass is 233 g/mol. The van der Waals surface area contributed by atoms with Gasteiger partial charge in [-0.25, -0.2) is 0 Å². The third-order valence-corrected chi connectivity index (χ3v) is 2.88. The fourth-order valence-electron chi connectivity index (χ4n) is 1.84. The summed E-state index contributed by atoms with van der Waals surface area (Å²) in [6, 6.07) is 7.72. The molecule has 1 heterocycles. The van der Waals surface area contributed by atoms with Gasteiger partial charge in [0.25, 0.3) is 0 Å². The minimum Gasteiger partial charge on any atom is -0.333 e. The van der Waals surface area contributed by atoms with Gasteiger partial charge in [0.2, 0.25) is 0 Å². The van der Waals surface area contributed by atoms with Gasteiger partial charge >= 0.3 is 0 Å². The summed E-state index contributed by atoms with van der Waals surface area (Å²) in [5.74, 6) is 0. The van der Waals surface area contributed by atoms with Crippen LogP contribution < -0.4 is 0 Å². The predicted molar refractivity (Wildman–Crippen MR) is 67.1 cm³/mol. The van der Waals surface area contributed by atoms with Crippen LogP contribution >= 0.6 is 11.6 Å². The second kappa shape index (κ2) is 4.14. The van der Waals surface area contributed by atoms with Gasteiger partial charge in [0, 0.05) is 11.9 Å². The number of fused-ring (bicyclic) bond motifs is 1. The Kier molecular flexibility index (Phi) is 2.84. The van der Waals surface area contributed by atoms with Crippen molar-refractivity contribution in [2.24, 2.45) is 0 Å². The van der Waals surface area contributed by atoms with E-state index in [4.69, 9.17) is 11.6 Å². The summed E-state index contributed by atoms with van der Waals surface area (Å²) in [5, 5.41) is 1.43. The van der Waals surface area contributed by atoms with E-state index in [2.05, 4.69) is 6.58 Å². The highest BCUT2D eigenvalue weighted by Crippen LogP contribution is 2.29. The molecule has 0 aliphatic rings. The minimum atomic E-state index is 0.519. The summed E-state index contributed by atoms with van der Waals surface area (Å²) in [5.41, 5.74) is 2.48. The molecule has 2 nitrogen and oxygen atoms in total. The second-order valence-electron chi connectivity index (χ2n) is 3.88. The molecule has 0 unspecified atom stereocenters. The molecular formula is C13H12ClNO. The van der Waals surface area contributed by atoms with E-state index in [1.165, 1.54) is 0 Å². The Hall–Kier alpha value is -1.54. The first-order chi connectivity index (χ1) is 7.65. The van der Waals surface area contributed by atoms with Gasteiger partial charge in [-0.15, -0.1) is 0 Å². The van der Waals surface area contributed by atoms with Crippen LogP contribution in [0.25, 0.3) is 10.9 Å². The van der Waals surface area contributed by atoms with E-state index in [-0.39, 0.29) is 0 Å². The van der Waals surface area contributed by atoms with Crippen molar-refractivity contribution in [3.05, 3.63) is 47.1 Å². The van der Waals surface area contributed by atoms with Crippen molar-refractivity contribution in [3.8, 4) is 0 Å². The number of aldehydes is 1. The Bertz CT molecular complexity index is 569. The lowest BCUT2D eigenvalue weighted by molar-refractivity contribution is 0.111. The first-order valence-electron chi connectivity index (χ1n) is 5.01. The number of para-hydroxylation sites is 1. The molecule has 0 saturated heterocycles. The second-order valence-corrected chi connectivity index (χ2v) is 4.26. The molecule has 0 aliphatic carbocycles. The summed E-state index contributed by atoms with van der Waals surface area (Å²) >= 11 is 6.16. The van der Waals surface area contributed by atoms with E-state index in [9.17, 15) is 4.79 Å². The molecule has 0 fully saturated rings. The predicted octanol–water partition coefficient (Wildman–Crippen LogP) is 3.68. The van der Waals surface area contributed by atoms with Crippen LogP contribution in [-0.4, -0.2) is 10.9 Å². The lowest BCUT2D eigenvalue weighted by Crippen LogP contribution is -2.02. The van der Waals surface area contributed by atoms with Gasteiger partial charge in [-0.05, 0) is 13.0 Å². The fourth-order valence-corrected chi connectivity index (χ4v) is 2.14. The van der Waals surface area contributed by atoms with Crippen molar-refractivity contribution in [2.45, 2.75) is 13.5 Å². The quantitative estimate of drug-likeness (QED) is 0.586. The van der Waals surface area contributed by atoms with Crippen molar-refractivity contribution < 1.29 is 4.79 Å². The average molecular weight is 234 g/mol. The van der Waals surface area contributed by atoms with E-state index in [1.54, 1.807) is 0 Å². The number of allylic oxidation sites excluding steroid dienone is 1. The summed E-state index contributed by atoms with van der Waals surface area (Å²) in [7, 11) is 0. The van der Waals surface area contributed by atoms with Crippen molar-refractivity contribution in [1.82, 2.24) is 4.57 Å². The van der Waals surface area contributed by atoms with Crippen LogP contribution in [0.5, 0.6) is 0 Å². The molecule has 0 bridgehead atoms. The minimum absolute atomic E-state index is 0.519. The number of carbonyl (C=O) groups excluding carboxylic acids is 1. The molecule has 0 radical (unpaired) electrons. The van der Waals surface area contributed by atoms with Gasteiger partial charge in [0.05, 0.1) is 10.5 Å². The lowest BCUT2D eigenvalue weighted by Gasteiger charge is -2.06. The lowest BCUT2D eigenvalue weighted by atomic mass is 10.2. The van der Waals surface area contributed by atoms with Crippen molar-refractivity contribution >= 4 is 28.8 Å². The van der Waals surface area contributed by atoms with Gasteiger partial charge in [-0.3, -0.25) is 4.79 Å². The van der Waals surface area contributed by atoms with Gasteiger partial charge in [0.1, 0.15) is 5.69 Å². The molecule has 2 rings (SSSR count). The molecular weight excluding hydrogens is 222 g/mol. The highest BCUT2D eigenvalue weighted by molar-refractivity contribution is 6.38. The molecule has 0 spiro atoms. The Morgan fingerprint density at radius 2 is 2.19 bits per heavy atom. The Morgan fingerprint density at radius 3 is 2.81 bits per heavy atom. The molecule has 82 valence electrons. The molecule has 2 aromatic rings. The maximum absolute atomic E-state index is 11.1. The SMILES string of the molecule is C=C(C)Cn1c(C=O)c(Cl)c2ccccc21. The Morgan fingerprint density at radius 1 is 1.50 bits per heavy atom. The van der Waals surface area contributed by atoms with E-state index in [1.807, 2.05) is 35.8 Å². The Balaban J connectivity index is 2.77. The first-order valence-corrected chi connectivity index (χ1v) is 5.39. The zero-order valence-electron chi connectivity index (χ0n) is 9.03. The van der Waals surface area contributed by atoms with Gasteiger partial charge < -0.3 is 4.57 Å². The normalized spacial score (nSPS) is 10.6. The largest absolute Gasteiger partial charge is 0.333 e. The molecule has 0 aliphatic heterocycles. The molecule has 3 heteroatoms. The standard InChI is InChI=1S/C13H12ClNO/c1-9(2)7-15-11-6-4-3-5-10(11)13(14)12(15)8-16/h3-6,8H,1,7H2,2H3. The molecule has 0 saturated carbocycles. The number of benzene rings is 1. The van der Waals surface area contributed by atoms with E-state index < -0.39 is 0 Å². The highest BCUT2D eigenvalue weighted by atomic mass is 35.5. The van der Waals surface area contributed by atoms with Crippen LogP contribution in [0, 0.1) is 0 Å². The third kappa shape index (κ3) is 1.65. The van der Waals surface area contributed by atoms with Crippen molar-refractivity contribution in [3.63, 3.8) is 0 Å². The van der Waals surface area contributed by atoms with Gasteiger partial charge in [-0.1, -0.05) is 42.0 Å². The van der Waals surface area contributed by atoms with Crippen molar-refractivity contribution in [1.29, 1.82) is 0 Å². The van der Waals surface area contributed by atoms with E-state index in [0.29, 0.717) is 17.3 Å². The molecule has 1 aromatic carbocycles. The smallest absolute Gasteiger partial charge is 0.168 e. The molecule has 0 N–H and O–H groups in total. The topological polar surface area (TPSA) is 22.0 Å². The van der Waals surface area contributed by atoms with Gasteiger partial charge in [-0.2, -0.15) is 0 Å². The maximum atomic E-state index is 11.1. The summed E-state index contributed by atoms with van der Waals surface area (Å²) < 4.78 is 1.90. The highest BCUT2D eigenvalue weighted by Gasteiger charge is 2.14. The third-order valence-electron chi connectivity index (χ3n) is 2.49. The van der Waals surface area contributed by atoms with E-state index >= 15 is 0 Å². The van der Waals surface area contributed by atoms with Crippen LogP contribution in [0.4, 0.5) is 0 Å². The number of nitrogens with zero attached hydrogens (tertiary/aromatic N) is 1. The zero-order chi connectivity index (χ0) is 11.7. The average Bonchev–Trinajstić information content (AvgIpc) is 2.52. The summed E-state index contributed by atoms with van der Waals surface area (Å²) in [6.07, 6.45) is 0.797. The van der Waals surface area contributed by atoms with Crippen LogP contribution in [-0.2, 0) is 6.54 Å². The summed E-state index contributed by atoms with van der Waals surface area (Å²) in [4.78, 5) is 11.1. The van der Waals surface area contributed by atoms with Crippen LogP contribution in [0.3, 0.4) is 0 Å². The molecule has 0 atom stereocenters. The first kappa shape index (κ1) is 11.0. The van der Waals surface area contributed by atoms with Crippen LogP contribution in [0.2, 0.25) is 5.02 Å². The number of carbonyl (C=O) groups is 1. The number of halogens is 1. The maximum Gasteiger partial charge on any atom is 0.168 e. The molecule has 1 aromatic heterocycles. The molecule has 16 heavy (non-hydrogen) atoms. The number of rotatable bonds is 3. The van der Waals surface area contributed by atoms with Crippen LogP contribution in [0.1, 0.15) is 17.4 Å². The summed E-state index contributed by atoms with van der Waals surface area (Å²) in [6.45, 7) is 6.40.